The average molecular weight is 481 g/mol. The number of hydrogen-bond acceptors (Lipinski definition) is 5. The molecule has 0 aliphatic carbocycles. The molecule has 1 amide bonds. The Hall–Kier alpha value is -3.67. The van der Waals surface area contributed by atoms with Crippen molar-refractivity contribution >= 4 is 16.6 Å². The minimum Gasteiger partial charge on any atom is -0.348 e. The normalized spacial score (nSPS) is 11.5. The molecule has 0 saturated carbocycles. The summed E-state index contributed by atoms with van der Waals surface area (Å²) in [7, 11) is -1.31. The number of rotatable bonds is 6. The third-order valence-corrected chi connectivity index (χ3v) is 5.34. The van der Waals surface area contributed by atoms with Gasteiger partial charge in [0.25, 0.3) is 11.5 Å². The molecule has 1 heterocycles. The maximum atomic E-state index is 13.1. The second-order valence-corrected chi connectivity index (χ2v) is 8.10. The Morgan fingerprint density at radius 2 is 1.67 bits per heavy atom. The van der Waals surface area contributed by atoms with Crippen molar-refractivity contribution in [3.05, 3.63) is 97.8 Å². The van der Waals surface area contributed by atoms with Gasteiger partial charge in [-0.2, -0.15) is 13.2 Å². The Bertz CT molecular complexity index is 1380. The number of alkyl halides is 3. The van der Waals surface area contributed by atoms with Crippen molar-refractivity contribution in [2.75, 3.05) is 0 Å². The van der Waals surface area contributed by atoms with E-state index in [1.165, 1.54) is 7.05 Å². The zero-order chi connectivity index (χ0) is 24.3. The lowest BCUT2D eigenvalue weighted by Crippen LogP contribution is -2.42. The highest BCUT2D eigenvalue weighted by Gasteiger charge is 2.31. The molecule has 1 N–H and O–H groups in total. The van der Waals surface area contributed by atoms with Gasteiger partial charge < -0.3 is 9.88 Å². The van der Waals surface area contributed by atoms with Gasteiger partial charge in [0.05, 0.1) is 17.0 Å². The first-order chi connectivity index (χ1) is 15.5. The molecule has 3 aromatic rings. The first kappa shape index (κ1) is 24.0. The van der Waals surface area contributed by atoms with E-state index in [2.05, 4.69) is 5.32 Å². The van der Waals surface area contributed by atoms with Gasteiger partial charge >= 0.3 is 11.9 Å². The molecule has 0 aliphatic heterocycles. The van der Waals surface area contributed by atoms with Crippen molar-refractivity contribution in [1.29, 1.82) is 0 Å². The average Bonchev–Trinajstić information content (AvgIpc) is 2.75. The van der Waals surface area contributed by atoms with Gasteiger partial charge in [-0.3, -0.25) is 9.59 Å². The van der Waals surface area contributed by atoms with Crippen LogP contribution in [0.3, 0.4) is 0 Å². The van der Waals surface area contributed by atoms with E-state index in [0.717, 1.165) is 29.0 Å². The van der Waals surface area contributed by atoms with Crippen LogP contribution in [0.5, 0.6) is 0 Å². The lowest BCUT2D eigenvalue weighted by atomic mass is 10.1. The van der Waals surface area contributed by atoms with Crippen molar-refractivity contribution in [3.8, 4) is 5.69 Å². The first-order valence-electron chi connectivity index (χ1n) is 9.45. The first-order valence-corrected chi connectivity index (χ1v) is 10.8. The summed E-state index contributed by atoms with van der Waals surface area (Å²) in [6.45, 7) is -0.00549. The molecule has 1 aromatic heterocycles. The van der Waals surface area contributed by atoms with Crippen molar-refractivity contribution in [2.24, 2.45) is 7.05 Å². The molecule has 0 bridgehead atoms. The number of hydrogen-bond donors (Lipinski definition) is 2. The Balaban J connectivity index is 1.90. The number of thiol groups is 1. The molecule has 0 fully saturated rings. The van der Waals surface area contributed by atoms with Crippen LogP contribution in [-0.2, 0) is 36.2 Å². The summed E-state index contributed by atoms with van der Waals surface area (Å²) in [5.41, 5.74) is -2.59. The Morgan fingerprint density at radius 1 is 1.03 bits per heavy atom. The Labute approximate surface area is 186 Å². The second-order valence-electron chi connectivity index (χ2n) is 7.11. The van der Waals surface area contributed by atoms with Crippen LogP contribution in [0.1, 0.15) is 27.0 Å². The molecule has 0 aliphatic rings. The fraction of sp³-hybridized carbons (Fsp3) is 0.190. The number of aromatic nitrogens is 2. The van der Waals surface area contributed by atoms with Crippen LogP contribution in [0.15, 0.2) is 64.3 Å². The highest BCUT2D eigenvalue weighted by atomic mass is 32.2. The predicted octanol–water partition coefficient (Wildman–Crippen LogP) is 1.60. The fourth-order valence-electron chi connectivity index (χ4n) is 3.06. The van der Waals surface area contributed by atoms with Crippen molar-refractivity contribution in [1.82, 2.24) is 14.5 Å². The maximum absolute atomic E-state index is 13.1. The van der Waals surface area contributed by atoms with Crippen LogP contribution in [0, 0.1) is 0 Å². The van der Waals surface area contributed by atoms with Crippen molar-refractivity contribution in [3.63, 3.8) is 0 Å². The van der Waals surface area contributed by atoms with Gasteiger partial charge in [0, 0.05) is 19.8 Å². The summed E-state index contributed by atoms with van der Waals surface area (Å²) in [6.07, 6.45) is -3.67. The van der Waals surface area contributed by atoms with E-state index < -0.39 is 45.2 Å². The predicted molar refractivity (Wildman–Crippen MR) is 114 cm³/mol. The molecule has 0 radical (unpaired) electrons. The van der Waals surface area contributed by atoms with Gasteiger partial charge in [-0.25, -0.2) is 17.8 Å². The third kappa shape index (κ3) is 5.58. The smallest absolute Gasteiger partial charge is 0.348 e. The van der Waals surface area contributed by atoms with E-state index in [1.54, 1.807) is 24.3 Å². The standard InChI is InChI=1S/C21H18F3N3O5S/c1-26-11-17(18(28)25-10-13-5-7-14(8-6-13)12-33(31)32)19(29)27(20(26)30)16-4-2-3-15(9-16)21(22,23)24/h2-9,11,33H,10,12H2,1H3,(H,25,28). The molecule has 2 aromatic carbocycles. The summed E-state index contributed by atoms with van der Waals surface area (Å²) < 4.78 is 62.1. The number of nitrogens with zero attached hydrogens (tertiary/aromatic N) is 2. The molecule has 0 spiro atoms. The van der Waals surface area contributed by atoms with Gasteiger partial charge in [-0.15, -0.1) is 0 Å². The van der Waals surface area contributed by atoms with Crippen LogP contribution in [-0.4, -0.2) is 23.5 Å². The number of nitrogens with one attached hydrogen (secondary N) is 1. The lowest BCUT2D eigenvalue weighted by Gasteiger charge is -2.13. The summed E-state index contributed by atoms with van der Waals surface area (Å²) >= 11 is 0. The summed E-state index contributed by atoms with van der Waals surface area (Å²) in [6, 6.07) is 10.1. The van der Waals surface area contributed by atoms with Crippen LogP contribution in [0.2, 0.25) is 0 Å². The van der Waals surface area contributed by atoms with E-state index in [9.17, 15) is 36.0 Å². The molecule has 174 valence electrons. The molecule has 0 unspecified atom stereocenters. The number of amides is 1. The third-order valence-electron chi connectivity index (χ3n) is 4.71. The molecule has 12 heteroatoms. The largest absolute Gasteiger partial charge is 0.416 e. The zero-order valence-corrected chi connectivity index (χ0v) is 18.0. The van der Waals surface area contributed by atoms with Gasteiger partial charge in [0.1, 0.15) is 16.3 Å². The van der Waals surface area contributed by atoms with Crippen LogP contribution >= 0.6 is 0 Å². The lowest BCUT2D eigenvalue weighted by molar-refractivity contribution is -0.137. The van der Waals surface area contributed by atoms with E-state index in [-0.39, 0.29) is 18.0 Å². The quantitative estimate of drug-likeness (QED) is 0.520. The molecule has 0 saturated heterocycles. The summed E-state index contributed by atoms with van der Waals surface area (Å²) in [5, 5.41) is 2.51. The van der Waals surface area contributed by atoms with Gasteiger partial charge in [0.2, 0.25) is 0 Å². The topological polar surface area (TPSA) is 107 Å². The minimum absolute atomic E-state index is 0.00549. The number of benzene rings is 2. The molecule has 3 rings (SSSR count). The van der Waals surface area contributed by atoms with E-state index in [1.807, 2.05) is 0 Å². The fourth-order valence-corrected chi connectivity index (χ4v) is 3.57. The van der Waals surface area contributed by atoms with E-state index >= 15 is 0 Å². The monoisotopic (exact) mass is 481 g/mol. The molecular weight excluding hydrogens is 463 g/mol. The molecular formula is C21H18F3N3O5S. The number of halogens is 3. The van der Waals surface area contributed by atoms with Crippen molar-refractivity contribution < 1.29 is 26.4 Å². The minimum atomic E-state index is -4.68. The maximum Gasteiger partial charge on any atom is 0.416 e. The second kappa shape index (κ2) is 9.45. The zero-order valence-electron chi connectivity index (χ0n) is 17.1. The van der Waals surface area contributed by atoms with Crippen LogP contribution in [0.25, 0.3) is 5.69 Å². The summed E-state index contributed by atoms with van der Waals surface area (Å²) in [4.78, 5) is 38.0. The Kier molecular flexibility index (Phi) is 6.86. The van der Waals surface area contributed by atoms with Crippen molar-refractivity contribution in [2.45, 2.75) is 18.5 Å². The van der Waals surface area contributed by atoms with Gasteiger partial charge in [-0.05, 0) is 29.3 Å². The van der Waals surface area contributed by atoms with Gasteiger partial charge in [0.15, 0.2) is 0 Å². The SMILES string of the molecule is Cn1cc(C(=O)NCc2ccc(C[SH](=O)=O)cc2)c(=O)n(-c2cccc(C(F)(F)F)c2)c1=O. The van der Waals surface area contributed by atoms with E-state index in [4.69, 9.17) is 0 Å². The van der Waals surface area contributed by atoms with Crippen LogP contribution in [0.4, 0.5) is 13.2 Å². The molecule has 33 heavy (non-hydrogen) atoms. The Morgan fingerprint density at radius 3 is 2.27 bits per heavy atom. The molecule has 0 atom stereocenters. The van der Waals surface area contributed by atoms with Gasteiger partial charge in [-0.1, -0.05) is 30.3 Å². The van der Waals surface area contributed by atoms with Crippen LogP contribution < -0.4 is 16.6 Å². The highest BCUT2D eigenvalue weighted by molar-refractivity contribution is 7.71. The molecule has 8 nitrogen and oxygen atoms in total. The van der Waals surface area contributed by atoms with E-state index in [0.29, 0.717) is 21.8 Å². The highest BCUT2D eigenvalue weighted by Crippen LogP contribution is 2.29. The number of aryl methyl sites for hydroxylation is 1. The number of carbonyl (C=O) groups excluding carboxylic acids is 1. The number of carbonyl (C=O) groups is 1. The summed E-state index contributed by atoms with van der Waals surface area (Å²) in [5.74, 6) is -0.946.